The Balaban J connectivity index is 2.12. The molecule has 2 rings (SSSR count). The van der Waals surface area contributed by atoms with Crippen molar-refractivity contribution in [1.29, 1.82) is 0 Å². The summed E-state index contributed by atoms with van der Waals surface area (Å²) in [6, 6.07) is 0.405. The van der Waals surface area contributed by atoms with Gasteiger partial charge in [-0.15, -0.1) is 5.10 Å². The summed E-state index contributed by atoms with van der Waals surface area (Å²) in [5.74, 6) is 6.06. The van der Waals surface area contributed by atoms with Gasteiger partial charge < -0.3 is 5.43 Å². The lowest BCUT2D eigenvalue weighted by Crippen LogP contribution is -2.32. The fourth-order valence-corrected chi connectivity index (χ4v) is 2.10. The third-order valence-electron chi connectivity index (χ3n) is 2.38. The summed E-state index contributed by atoms with van der Waals surface area (Å²) in [6.45, 7) is 0. The zero-order valence-corrected chi connectivity index (χ0v) is 8.63. The molecule has 1 saturated carbocycles. The van der Waals surface area contributed by atoms with Gasteiger partial charge in [0.05, 0.1) is 6.04 Å². The molecule has 0 aromatic carbocycles. The van der Waals surface area contributed by atoms with E-state index in [0.717, 1.165) is 18.5 Å². The second-order valence-corrected chi connectivity index (χ2v) is 3.96. The molecular formula is C8H13N5S. The van der Waals surface area contributed by atoms with Gasteiger partial charge in [0.1, 0.15) is 5.69 Å². The molecule has 14 heavy (non-hydrogen) atoms. The zero-order chi connectivity index (χ0) is 9.80. The van der Waals surface area contributed by atoms with Crippen LogP contribution >= 0.6 is 11.5 Å². The number of nitrogens with one attached hydrogen (secondary N) is 1. The van der Waals surface area contributed by atoms with Crippen LogP contribution in [0, 0.1) is 0 Å². The lowest BCUT2D eigenvalue weighted by Gasteiger charge is -2.06. The topological polar surface area (TPSA) is 76.2 Å². The molecule has 1 heterocycles. The normalized spacial score (nSPS) is 18.8. The molecule has 1 aliphatic rings. The quantitative estimate of drug-likeness (QED) is 0.326. The maximum absolute atomic E-state index is 5.40. The molecule has 0 atom stereocenters. The van der Waals surface area contributed by atoms with Crippen LogP contribution in [0.15, 0.2) is 10.4 Å². The molecule has 76 valence electrons. The highest BCUT2D eigenvalue weighted by Crippen LogP contribution is 2.21. The molecule has 0 radical (unpaired) electrons. The van der Waals surface area contributed by atoms with Crippen LogP contribution in [0.5, 0.6) is 0 Å². The summed E-state index contributed by atoms with van der Waals surface area (Å²) in [7, 11) is 0. The van der Waals surface area contributed by atoms with Gasteiger partial charge >= 0.3 is 0 Å². The number of aliphatic imine (C=N–C) groups is 1. The Bertz CT molecular complexity index is 302. The van der Waals surface area contributed by atoms with E-state index in [1.807, 2.05) is 5.38 Å². The van der Waals surface area contributed by atoms with Crippen LogP contribution in [0.25, 0.3) is 0 Å². The summed E-state index contributed by atoms with van der Waals surface area (Å²) < 4.78 is 3.78. The van der Waals surface area contributed by atoms with E-state index < -0.39 is 0 Å². The molecule has 3 N–H and O–H groups in total. The number of hydrogen-bond acceptors (Lipinski definition) is 5. The molecule has 1 fully saturated rings. The van der Waals surface area contributed by atoms with Crippen LogP contribution in [-0.2, 0) is 0 Å². The standard InChI is InChI=1S/C8H13N5S/c9-11-8(7-5-14-13-12-7)10-6-3-1-2-4-6/h5-6H,1-4,9H2,(H,10,11). The highest BCUT2D eigenvalue weighted by atomic mass is 32.1. The molecule has 0 aliphatic heterocycles. The van der Waals surface area contributed by atoms with Crippen LogP contribution in [0.4, 0.5) is 0 Å². The van der Waals surface area contributed by atoms with Crippen molar-refractivity contribution in [2.45, 2.75) is 31.7 Å². The molecule has 0 spiro atoms. The summed E-state index contributed by atoms with van der Waals surface area (Å²) in [5.41, 5.74) is 3.33. The summed E-state index contributed by atoms with van der Waals surface area (Å²) >= 11 is 1.30. The predicted molar refractivity (Wildman–Crippen MR) is 56.0 cm³/mol. The van der Waals surface area contributed by atoms with Gasteiger partial charge in [0.25, 0.3) is 0 Å². The molecule has 1 aromatic heterocycles. The average Bonchev–Trinajstić information content (AvgIpc) is 2.86. The number of nitrogens with zero attached hydrogens (tertiary/aromatic N) is 3. The first-order valence-electron chi connectivity index (χ1n) is 4.72. The predicted octanol–water partition coefficient (Wildman–Crippen LogP) is 0.691. The minimum Gasteiger partial charge on any atom is -0.307 e. The Kier molecular flexibility index (Phi) is 3.05. The van der Waals surface area contributed by atoms with E-state index in [-0.39, 0.29) is 0 Å². The molecule has 1 aromatic rings. The van der Waals surface area contributed by atoms with Crippen LogP contribution < -0.4 is 11.3 Å². The van der Waals surface area contributed by atoms with E-state index in [0.29, 0.717) is 11.9 Å². The number of nitrogens with two attached hydrogens (primary N) is 1. The van der Waals surface area contributed by atoms with Gasteiger partial charge in [-0.1, -0.05) is 17.3 Å². The third-order valence-corrected chi connectivity index (χ3v) is 2.88. The van der Waals surface area contributed by atoms with Crippen molar-refractivity contribution in [3.05, 3.63) is 11.1 Å². The highest BCUT2D eigenvalue weighted by Gasteiger charge is 2.15. The van der Waals surface area contributed by atoms with Crippen molar-refractivity contribution in [2.75, 3.05) is 0 Å². The van der Waals surface area contributed by atoms with Crippen LogP contribution in [-0.4, -0.2) is 21.5 Å². The Morgan fingerprint density at radius 2 is 2.36 bits per heavy atom. The summed E-state index contributed by atoms with van der Waals surface area (Å²) in [4.78, 5) is 4.52. The van der Waals surface area contributed by atoms with Crippen molar-refractivity contribution in [3.8, 4) is 0 Å². The maximum atomic E-state index is 5.40. The van der Waals surface area contributed by atoms with E-state index in [9.17, 15) is 0 Å². The molecule has 0 unspecified atom stereocenters. The second kappa shape index (κ2) is 4.47. The van der Waals surface area contributed by atoms with Crippen molar-refractivity contribution < 1.29 is 0 Å². The van der Waals surface area contributed by atoms with E-state index in [2.05, 4.69) is 20.0 Å². The molecule has 6 heteroatoms. The summed E-state index contributed by atoms with van der Waals surface area (Å²) in [6.07, 6.45) is 4.84. The molecule has 1 aliphatic carbocycles. The number of amidine groups is 1. The van der Waals surface area contributed by atoms with Crippen LogP contribution in [0.1, 0.15) is 31.4 Å². The van der Waals surface area contributed by atoms with Crippen LogP contribution in [0.3, 0.4) is 0 Å². The average molecular weight is 211 g/mol. The first-order chi connectivity index (χ1) is 6.90. The largest absolute Gasteiger partial charge is 0.307 e. The van der Waals surface area contributed by atoms with Gasteiger partial charge in [-0.25, -0.2) is 5.84 Å². The summed E-state index contributed by atoms with van der Waals surface area (Å²) in [5, 5.41) is 5.77. The van der Waals surface area contributed by atoms with Gasteiger partial charge in [-0.05, 0) is 24.4 Å². The van der Waals surface area contributed by atoms with Gasteiger partial charge in [0, 0.05) is 5.38 Å². The Labute approximate surface area is 86.6 Å². The number of aromatic nitrogens is 2. The minimum absolute atomic E-state index is 0.405. The van der Waals surface area contributed by atoms with Crippen LogP contribution in [0.2, 0.25) is 0 Å². The lowest BCUT2D eigenvalue weighted by molar-refractivity contribution is 0.700. The van der Waals surface area contributed by atoms with E-state index in [4.69, 9.17) is 5.84 Å². The van der Waals surface area contributed by atoms with Gasteiger partial charge in [-0.2, -0.15) is 0 Å². The highest BCUT2D eigenvalue weighted by molar-refractivity contribution is 7.03. The van der Waals surface area contributed by atoms with Crippen molar-refractivity contribution in [2.24, 2.45) is 10.8 Å². The second-order valence-electron chi connectivity index (χ2n) is 3.35. The van der Waals surface area contributed by atoms with Gasteiger partial charge in [-0.3, -0.25) is 4.99 Å². The van der Waals surface area contributed by atoms with E-state index in [1.165, 1.54) is 24.4 Å². The Morgan fingerprint density at radius 3 is 2.93 bits per heavy atom. The zero-order valence-electron chi connectivity index (χ0n) is 7.81. The van der Waals surface area contributed by atoms with Crippen molar-refractivity contribution in [1.82, 2.24) is 15.0 Å². The van der Waals surface area contributed by atoms with Gasteiger partial charge in [0.15, 0.2) is 5.84 Å². The van der Waals surface area contributed by atoms with Gasteiger partial charge in [0.2, 0.25) is 0 Å². The third kappa shape index (κ3) is 2.08. The number of rotatable bonds is 2. The minimum atomic E-state index is 0.405. The molecule has 0 amide bonds. The first-order valence-corrected chi connectivity index (χ1v) is 5.55. The van der Waals surface area contributed by atoms with Crippen molar-refractivity contribution >= 4 is 17.4 Å². The van der Waals surface area contributed by atoms with E-state index >= 15 is 0 Å². The number of hydrazine groups is 1. The molecule has 0 saturated heterocycles. The SMILES string of the molecule is NNC(=NC1CCCC1)c1csnn1. The Hall–Kier alpha value is -1.01. The first kappa shape index (κ1) is 9.54. The smallest absolute Gasteiger partial charge is 0.164 e. The van der Waals surface area contributed by atoms with E-state index in [1.54, 1.807) is 0 Å². The molecule has 0 bridgehead atoms. The number of hydrogen-bond donors (Lipinski definition) is 2. The molecule has 5 nitrogen and oxygen atoms in total. The monoisotopic (exact) mass is 211 g/mol. The lowest BCUT2D eigenvalue weighted by atomic mass is 10.2. The molecular weight excluding hydrogens is 198 g/mol. The fourth-order valence-electron chi connectivity index (χ4n) is 1.66. The Morgan fingerprint density at radius 1 is 1.57 bits per heavy atom. The fraction of sp³-hybridized carbons (Fsp3) is 0.625. The van der Waals surface area contributed by atoms with Crippen molar-refractivity contribution in [3.63, 3.8) is 0 Å². The maximum Gasteiger partial charge on any atom is 0.164 e.